The van der Waals surface area contributed by atoms with Crippen molar-refractivity contribution in [3.63, 3.8) is 0 Å². The second-order valence-corrected chi connectivity index (χ2v) is 4.84. The molecule has 0 N–H and O–H groups in total. The number of rotatable bonds is 6. The second kappa shape index (κ2) is 7.12. The Morgan fingerprint density at radius 3 is 2.68 bits per heavy atom. The highest BCUT2D eigenvalue weighted by atomic mass is 35.5. The Morgan fingerprint density at radius 1 is 1.21 bits per heavy atom. The summed E-state index contributed by atoms with van der Waals surface area (Å²) in [7, 11) is 2.07. The van der Waals surface area contributed by atoms with Gasteiger partial charge in [-0.15, -0.1) is 0 Å². The van der Waals surface area contributed by atoms with Crippen LogP contribution in [0.2, 0.25) is 5.02 Å². The highest BCUT2D eigenvalue weighted by molar-refractivity contribution is 6.30. The normalized spacial score (nSPS) is 10.7. The third kappa shape index (κ3) is 4.89. The summed E-state index contributed by atoms with van der Waals surface area (Å²) >= 11 is 5.82. The molecule has 19 heavy (non-hydrogen) atoms. The van der Waals surface area contributed by atoms with Crippen LogP contribution in [0.4, 0.5) is 0 Å². The summed E-state index contributed by atoms with van der Waals surface area (Å²) in [5.41, 5.74) is 1.21. The van der Waals surface area contributed by atoms with E-state index in [1.807, 2.05) is 36.5 Å². The van der Waals surface area contributed by atoms with Crippen LogP contribution in [0.25, 0.3) is 0 Å². The Balaban J connectivity index is 1.72. The molecule has 0 aliphatic rings. The van der Waals surface area contributed by atoms with E-state index >= 15 is 0 Å². The number of ether oxygens (including phenoxy) is 1. The quantitative estimate of drug-likeness (QED) is 0.810. The van der Waals surface area contributed by atoms with Gasteiger partial charge in [-0.3, -0.25) is 9.88 Å². The van der Waals surface area contributed by atoms with Crippen LogP contribution in [0.15, 0.2) is 48.8 Å². The molecule has 1 aromatic carbocycles. The number of pyridine rings is 1. The summed E-state index contributed by atoms with van der Waals surface area (Å²) < 4.78 is 5.65. The smallest absolute Gasteiger partial charge is 0.119 e. The summed E-state index contributed by atoms with van der Waals surface area (Å²) in [6, 6.07) is 11.4. The molecule has 1 heterocycles. The lowest BCUT2D eigenvalue weighted by Crippen LogP contribution is -2.23. The molecule has 0 atom stereocenters. The van der Waals surface area contributed by atoms with E-state index in [9.17, 15) is 0 Å². The van der Waals surface area contributed by atoms with Crippen LogP contribution >= 0.6 is 11.6 Å². The molecule has 100 valence electrons. The predicted octanol–water partition coefficient (Wildman–Crippen LogP) is 3.25. The topological polar surface area (TPSA) is 25.4 Å². The lowest BCUT2D eigenvalue weighted by atomic mass is 10.3. The van der Waals surface area contributed by atoms with E-state index in [0.29, 0.717) is 6.61 Å². The molecule has 2 aromatic rings. The molecule has 0 unspecified atom stereocenters. The minimum atomic E-state index is 0.651. The van der Waals surface area contributed by atoms with E-state index in [1.165, 1.54) is 5.56 Å². The lowest BCUT2D eigenvalue weighted by Gasteiger charge is -2.16. The van der Waals surface area contributed by atoms with Gasteiger partial charge < -0.3 is 4.74 Å². The standard InChI is InChI=1S/C15H17ClN2O/c1-18(12-13-3-2-8-17-11-13)9-10-19-15-6-4-14(16)5-7-15/h2-8,11H,9-10,12H2,1H3. The van der Waals surface area contributed by atoms with Gasteiger partial charge in [0.15, 0.2) is 0 Å². The summed E-state index contributed by atoms with van der Waals surface area (Å²) in [6.45, 7) is 2.38. The van der Waals surface area contributed by atoms with Gasteiger partial charge in [0.1, 0.15) is 12.4 Å². The van der Waals surface area contributed by atoms with E-state index in [-0.39, 0.29) is 0 Å². The van der Waals surface area contributed by atoms with Crippen molar-refractivity contribution in [2.24, 2.45) is 0 Å². The first-order valence-electron chi connectivity index (χ1n) is 6.20. The van der Waals surface area contributed by atoms with Crippen LogP contribution in [0.1, 0.15) is 5.56 Å². The van der Waals surface area contributed by atoms with E-state index in [2.05, 4.69) is 23.0 Å². The molecule has 0 saturated heterocycles. The van der Waals surface area contributed by atoms with Crippen LogP contribution < -0.4 is 4.74 Å². The van der Waals surface area contributed by atoms with Gasteiger partial charge in [0.05, 0.1) is 0 Å². The molecule has 0 bridgehead atoms. The van der Waals surface area contributed by atoms with Crippen molar-refractivity contribution in [3.05, 3.63) is 59.4 Å². The van der Waals surface area contributed by atoms with Gasteiger partial charge in [-0.25, -0.2) is 0 Å². The van der Waals surface area contributed by atoms with Crippen molar-refractivity contribution in [2.45, 2.75) is 6.54 Å². The van der Waals surface area contributed by atoms with E-state index in [4.69, 9.17) is 16.3 Å². The molecule has 0 aliphatic carbocycles. The fraction of sp³-hybridized carbons (Fsp3) is 0.267. The lowest BCUT2D eigenvalue weighted by molar-refractivity contribution is 0.232. The van der Waals surface area contributed by atoms with Gasteiger partial charge in [0, 0.05) is 30.5 Å². The Kier molecular flexibility index (Phi) is 5.19. The zero-order chi connectivity index (χ0) is 13.5. The predicted molar refractivity (Wildman–Crippen MR) is 77.5 cm³/mol. The maximum Gasteiger partial charge on any atom is 0.119 e. The van der Waals surface area contributed by atoms with Crippen molar-refractivity contribution in [2.75, 3.05) is 20.2 Å². The molecular weight excluding hydrogens is 260 g/mol. The second-order valence-electron chi connectivity index (χ2n) is 4.40. The first kappa shape index (κ1) is 13.8. The van der Waals surface area contributed by atoms with Gasteiger partial charge in [0.25, 0.3) is 0 Å². The Labute approximate surface area is 118 Å². The van der Waals surface area contributed by atoms with Crippen molar-refractivity contribution in [1.82, 2.24) is 9.88 Å². The average molecular weight is 277 g/mol. The monoisotopic (exact) mass is 276 g/mol. The summed E-state index contributed by atoms with van der Waals surface area (Å²) in [6.07, 6.45) is 3.67. The molecule has 3 nitrogen and oxygen atoms in total. The largest absolute Gasteiger partial charge is 0.492 e. The molecule has 0 spiro atoms. The fourth-order valence-electron chi connectivity index (χ4n) is 1.73. The van der Waals surface area contributed by atoms with E-state index in [0.717, 1.165) is 23.9 Å². The van der Waals surface area contributed by atoms with E-state index in [1.54, 1.807) is 6.20 Å². The molecule has 0 fully saturated rings. The van der Waals surface area contributed by atoms with Crippen LogP contribution in [0, 0.1) is 0 Å². The van der Waals surface area contributed by atoms with Gasteiger partial charge in [-0.05, 0) is 42.9 Å². The number of benzene rings is 1. The highest BCUT2D eigenvalue weighted by Crippen LogP contribution is 2.15. The van der Waals surface area contributed by atoms with Crippen LogP contribution in [-0.4, -0.2) is 30.1 Å². The summed E-state index contributed by atoms with van der Waals surface area (Å²) in [5.74, 6) is 0.846. The van der Waals surface area contributed by atoms with Crippen molar-refractivity contribution < 1.29 is 4.74 Å². The van der Waals surface area contributed by atoms with Crippen LogP contribution in [0.3, 0.4) is 0 Å². The van der Waals surface area contributed by atoms with Gasteiger partial charge >= 0.3 is 0 Å². The average Bonchev–Trinajstić information content (AvgIpc) is 2.42. The maximum atomic E-state index is 5.82. The van der Waals surface area contributed by atoms with Crippen LogP contribution in [0.5, 0.6) is 5.75 Å². The minimum absolute atomic E-state index is 0.651. The molecule has 0 aliphatic heterocycles. The Bertz CT molecular complexity index is 487. The SMILES string of the molecule is CN(CCOc1ccc(Cl)cc1)Cc1cccnc1. The Hall–Kier alpha value is -1.58. The number of halogens is 1. The first-order valence-corrected chi connectivity index (χ1v) is 6.57. The third-order valence-electron chi connectivity index (χ3n) is 2.73. The van der Waals surface area contributed by atoms with Gasteiger partial charge in [-0.2, -0.15) is 0 Å². The summed E-state index contributed by atoms with van der Waals surface area (Å²) in [4.78, 5) is 6.30. The van der Waals surface area contributed by atoms with Gasteiger partial charge in [0.2, 0.25) is 0 Å². The van der Waals surface area contributed by atoms with Crippen molar-refractivity contribution in [3.8, 4) is 5.75 Å². The first-order chi connectivity index (χ1) is 9.24. The maximum absolute atomic E-state index is 5.82. The van der Waals surface area contributed by atoms with Crippen molar-refractivity contribution in [1.29, 1.82) is 0 Å². The molecule has 4 heteroatoms. The molecule has 0 radical (unpaired) electrons. The molecule has 0 saturated carbocycles. The molecule has 2 rings (SSSR count). The fourth-order valence-corrected chi connectivity index (χ4v) is 1.86. The number of likely N-dealkylation sites (N-methyl/N-ethyl adjacent to an activating group) is 1. The zero-order valence-electron chi connectivity index (χ0n) is 10.9. The Morgan fingerprint density at radius 2 is 2.00 bits per heavy atom. The summed E-state index contributed by atoms with van der Waals surface area (Å²) in [5, 5.41) is 0.723. The number of nitrogens with zero attached hydrogens (tertiary/aromatic N) is 2. The highest BCUT2D eigenvalue weighted by Gasteiger charge is 2.01. The molecule has 1 aromatic heterocycles. The molecular formula is C15H17ClN2O. The van der Waals surface area contributed by atoms with Gasteiger partial charge in [-0.1, -0.05) is 17.7 Å². The number of aromatic nitrogens is 1. The van der Waals surface area contributed by atoms with Crippen LogP contribution in [-0.2, 0) is 6.54 Å². The zero-order valence-corrected chi connectivity index (χ0v) is 11.7. The van der Waals surface area contributed by atoms with E-state index < -0.39 is 0 Å². The third-order valence-corrected chi connectivity index (χ3v) is 2.98. The van der Waals surface area contributed by atoms with Crippen molar-refractivity contribution >= 4 is 11.6 Å². The minimum Gasteiger partial charge on any atom is -0.492 e. The molecule has 0 amide bonds. The number of hydrogen-bond acceptors (Lipinski definition) is 3. The number of hydrogen-bond donors (Lipinski definition) is 0.